The zero-order chi connectivity index (χ0) is 16.7. The average Bonchev–Trinajstić information content (AvgIpc) is 3.02. The van der Waals surface area contributed by atoms with Crippen LogP contribution in [0.5, 0.6) is 11.5 Å². The first kappa shape index (κ1) is 17.0. The molecule has 7 heteroatoms. The summed E-state index contributed by atoms with van der Waals surface area (Å²) in [4.78, 5) is 11.0. The predicted molar refractivity (Wildman–Crippen MR) is 97.1 cm³/mol. The number of phenolic OH excluding ortho intramolecular Hbond substituents is 1. The van der Waals surface area contributed by atoms with Crippen LogP contribution in [-0.4, -0.2) is 38.5 Å². The summed E-state index contributed by atoms with van der Waals surface area (Å²) in [6.45, 7) is 4.59. The zero-order valence-corrected chi connectivity index (χ0v) is 13.7. The Bertz CT molecular complexity index is 892. The lowest BCUT2D eigenvalue weighted by Crippen LogP contribution is -2.32. The van der Waals surface area contributed by atoms with Gasteiger partial charge < -0.3 is 14.7 Å². The minimum atomic E-state index is 0. The molecule has 0 amide bonds. The summed E-state index contributed by atoms with van der Waals surface area (Å²) in [5, 5.41) is 15.3. The molecule has 1 aromatic carbocycles. The van der Waals surface area contributed by atoms with E-state index in [1.165, 1.54) is 24.7 Å². The molecule has 1 aliphatic rings. The van der Waals surface area contributed by atoms with E-state index in [1.807, 2.05) is 10.9 Å². The number of aromatic hydroxyl groups is 1. The smallest absolute Gasteiger partial charge is 0.161 e. The number of hydrogen-bond acceptors (Lipinski definition) is 6. The van der Waals surface area contributed by atoms with E-state index in [2.05, 4.69) is 26.9 Å². The van der Waals surface area contributed by atoms with Crippen molar-refractivity contribution in [2.45, 2.75) is 33.9 Å². The Kier molecular flexibility index (Phi) is 4.48. The van der Waals surface area contributed by atoms with Crippen molar-refractivity contribution >= 4 is 16.7 Å². The van der Waals surface area contributed by atoms with Crippen molar-refractivity contribution in [2.75, 3.05) is 18.6 Å². The van der Waals surface area contributed by atoms with Gasteiger partial charge >= 0.3 is 0 Å². The fraction of sp³-hybridized carbons (Fsp3) is 0.389. The largest absolute Gasteiger partial charge is 0.504 e. The van der Waals surface area contributed by atoms with Crippen LogP contribution in [0, 0.1) is 0 Å². The minimum Gasteiger partial charge on any atom is -0.504 e. The molecule has 1 N–H and O–H groups in total. The van der Waals surface area contributed by atoms with E-state index < -0.39 is 0 Å². The van der Waals surface area contributed by atoms with E-state index in [-0.39, 0.29) is 13.2 Å². The van der Waals surface area contributed by atoms with E-state index in [0.717, 1.165) is 37.3 Å². The van der Waals surface area contributed by atoms with Gasteiger partial charge in [0.25, 0.3) is 0 Å². The van der Waals surface area contributed by atoms with Gasteiger partial charge in [-0.3, -0.25) is 4.68 Å². The van der Waals surface area contributed by atoms with Crippen molar-refractivity contribution < 1.29 is 9.84 Å². The Balaban J connectivity index is 0.00000182. The van der Waals surface area contributed by atoms with Crippen LogP contribution in [0.15, 0.2) is 24.7 Å². The second-order valence-corrected chi connectivity index (χ2v) is 5.84. The Labute approximate surface area is 146 Å². The Morgan fingerprint density at radius 1 is 1.28 bits per heavy atom. The molecule has 0 aliphatic carbocycles. The van der Waals surface area contributed by atoms with Crippen molar-refractivity contribution in [3.05, 3.63) is 35.9 Å². The van der Waals surface area contributed by atoms with Crippen molar-refractivity contribution in [2.24, 2.45) is 0 Å². The topological polar surface area (TPSA) is 76.3 Å². The number of ether oxygens (including phenoxy) is 1. The molecule has 25 heavy (non-hydrogen) atoms. The van der Waals surface area contributed by atoms with Gasteiger partial charge in [-0.2, -0.15) is 5.10 Å². The summed E-state index contributed by atoms with van der Waals surface area (Å²) in [6.07, 6.45) is 4.45. The zero-order valence-electron chi connectivity index (χ0n) is 13.7. The van der Waals surface area contributed by atoms with Crippen LogP contribution in [0.25, 0.3) is 10.9 Å². The van der Waals surface area contributed by atoms with Crippen molar-refractivity contribution in [3.8, 4) is 11.5 Å². The molecule has 0 fully saturated rings. The molecular weight excluding hydrogens is 318 g/mol. The summed E-state index contributed by atoms with van der Waals surface area (Å²) in [5.74, 6) is 1.36. The molecule has 3 aromatic rings. The van der Waals surface area contributed by atoms with Gasteiger partial charge in [0.2, 0.25) is 0 Å². The molecule has 3 heterocycles. The summed E-state index contributed by atoms with van der Waals surface area (Å²) in [7, 11) is 1.54. The molecule has 4 rings (SSSR count). The number of nitrogens with zero attached hydrogens (tertiary/aromatic N) is 5. The first-order valence-corrected chi connectivity index (χ1v) is 8.01. The monoisotopic (exact) mass is 341 g/mol. The number of aryl methyl sites for hydroxylation is 1. The van der Waals surface area contributed by atoms with Crippen LogP contribution >= 0.6 is 0 Å². The van der Waals surface area contributed by atoms with Crippen molar-refractivity contribution in [1.29, 1.82) is 0 Å². The molecular formula is C18H23N5O2. The highest BCUT2D eigenvalue weighted by molar-refractivity contribution is 5.92. The number of aromatic nitrogens is 4. The Morgan fingerprint density at radius 2 is 2.12 bits per heavy atom. The lowest BCUT2D eigenvalue weighted by Gasteiger charge is -2.29. The predicted octanol–water partition coefficient (Wildman–Crippen LogP) is 2.76. The van der Waals surface area contributed by atoms with Crippen LogP contribution in [-0.2, 0) is 19.5 Å². The summed E-state index contributed by atoms with van der Waals surface area (Å²) < 4.78 is 7.28. The standard InChI is InChI=1S/C17H19N5O2.CH4/c1-3-22-14-9-21(5-4-11(14)8-20-22)17-12-6-16(24-2)15(23)7-13(12)18-10-19-17;/h6-8,10,23H,3-5,9H2,1-2H3;1H4. The Morgan fingerprint density at radius 3 is 2.88 bits per heavy atom. The lowest BCUT2D eigenvalue weighted by molar-refractivity contribution is 0.374. The molecule has 0 unspecified atom stereocenters. The number of hydrogen-bond donors (Lipinski definition) is 1. The molecule has 132 valence electrons. The number of rotatable bonds is 3. The van der Waals surface area contributed by atoms with Crippen molar-refractivity contribution in [3.63, 3.8) is 0 Å². The number of phenols is 1. The van der Waals surface area contributed by atoms with Gasteiger partial charge in [-0.15, -0.1) is 0 Å². The molecule has 7 nitrogen and oxygen atoms in total. The van der Waals surface area contributed by atoms with E-state index in [4.69, 9.17) is 4.74 Å². The maximum atomic E-state index is 9.97. The Hall–Kier alpha value is -2.83. The first-order chi connectivity index (χ1) is 11.7. The second-order valence-electron chi connectivity index (χ2n) is 5.84. The quantitative estimate of drug-likeness (QED) is 0.789. The molecule has 0 spiro atoms. The fourth-order valence-electron chi connectivity index (χ4n) is 3.28. The highest BCUT2D eigenvalue weighted by atomic mass is 16.5. The van der Waals surface area contributed by atoms with E-state index >= 15 is 0 Å². The van der Waals surface area contributed by atoms with Gasteiger partial charge in [0.15, 0.2) is 11.5 Å². The number of anilines is 1. The minimum absolute atomic E-state index is 0. The molecule has 0 bridgehead atoms. The summed E-state index contributed by atoms with van der Waals surface area (Å²) in [6, 6.07) is 3.41. The second kappa shape index (κ2) is 6.58. The van der Waals surface area contributed by atoms with Crippen LogP contribution in [0.2, 0.25) is 0 Å². The molecule has 0 saturated carbocycles. The van der Waals surface area contributed by atoms with Crippen molar-refractivity contribution in [1.82, 2.24) is 19.7 Å². The first-order valence-electron chi connectivity index (χ1n) is 8.01. The van der Waals surface area contributed by atoms with Gasteiger partial charge in [-0.1, -0.05) is 7.43 Å². The van der Waals surface area contributed by atoms with Gasteiger partial charge in [0, 0.05) is 24.5 Å². The average molecular weight is 341 g/mol. The highest BCUT2D eigenvalue weighted by Gasteiger charge is 2.23. The maximum absolute atomic E-state index is 9.97. The van der Waals surface area contributed by atoms with Crippen LogP contribution < -0.4 is 9.64 Å². The molecule has 0 saturated heterocycles. The molecule has 2 aromatic heterocycles. The normalized spacial score (nSPS) is 13.4. The van der Waals surface area contributed by atoms with Crippen LogP contribution in [0.3, 0.4) is 0 Å². The summed E-state index contributed by atoms with van der Waals surface area (Å²) >= 11 is 0. The number of benzene rings is 1. The van der Waals surface area contributed by atoms with Crippen LogP contribution in [0.1, 0.15) is 25.6 Å². The number of fused-ring (bicyclic) bond motifs is 2. The van der Waals surface area contributed by atoms with Gasteiger partial charge in [0.05, 0.1) is 31.1 Å². The molecule has 0 radical (unpaired) electrons. The third-order valence-corrected chi connectivity index (χ3v) is 4.54. The lowest BCUT2D eigenvalue weighted by atomic mass is 10.1. The molecule has 0 atom stereocenters. The van der Waals surface area contributed by atoms with E-state index in [9.17, 15) is 5.11 Å². The number of methoxy groups -OCH3 is 1. The van der Waals surface area contributed by atoms with Gasteiger partial charge in [-0.05, 0) is 25.0 Å². The van der Waals surface area contributed by atoms with E-state index in [1.54, 1.807) is 12.1 Å². The fourth-order valence-corrected chi connectivity index (χ4v) is 3.28. The van der Waals surface area contributed by atoms with Crippen LogP contribution in [0.4, 0.5) is 5.82 Å². The van der Waals surface area contributed by atoms with Gasteiger partial charge in [-0.25, -0.2) is 9.97 Å². The van der Waals surface area contributed by atoms with E-state index in [0.29, 0.717) is 11.3 Å². The third-order valence-electron chi connectivity index (χ3n) is 4.54. The maximum Gasteiger partial charge on any atom is 0.161 e. The SMILES string of the molecule is C.CCn1ncc2c1CN(c1ncnc3cc(O)c(OC)cc13)CC2. The summed E-state index contributed by atoms with van der Waals surface area (Å²) in [5.41, 5.74) is 3.25. The molecule has 1 aliphatic heterocycles. The third kappa shape index (κ3) is 2.75. The highest BCUT2D eigenvalue weighted by Crippen LogP contribution is 2.35. The van der Waals surface area contributed by atoms with Gasteiger partial charge in [0.1, 0.15) is 12.1 Å².